The maximum Gasteiger partial charge on any atom is 0.329 e. The highest BCUT2D eigenvalue weighted by Crippen LogP contribution is 2.12. The molecule has 0 aliphatic carbocycles. The molecule has 1 amide bonds. The van der Waals surface area contributed by atoms with Crippen LogP contribution in [0.15, 0.2) is 0 Å². The molecule has 0 aliphatic rings. The minimum absolute atomic E-state index is 0.328. The van der Waals surface area contributed by atoms with Crippen LogP contribution in [-0.2, 0) is 14.3 Å². The van der Waals surface area contributed by atoms with Crippen molar-refractivity contribution in [2.45, 2.75) is 77.0 Å². The number of esters is 1. The van der Waals surface area contributed by atoms with Gasteiger partial charge in [0.2, 0.25) is 5.91 Å². The first-order valence-corrected chi connectivity index (χ1v) is 8.40. The fourth-order valence-electron chi connectivity index (χ4n) is 2.03. The van der Waals surface area contributed by atoms with Crippen LogP contribution in [0.1, 0.15) is 59.3 Å². The van der Waals surface area contributed by atoms with Gasteiger partial charge in [0.15, 0.2) is 0 Å². The van der Waals surface area contributed by atoms with Crippen molar-refractivity contribution in [1.82, 2.24) is 5.32 Å². The summed E-state index contributed by atoms with van der Waals surface area (Å²) in [6.45, 7) is 6.51. The third kappa shape index (κ3) is 11.1. The molecule has 0 heterocycles. The molecule has 0 fully saturated rings. The van der Waals surface area contributed by atoms with E-state index in [1.807, 2.05) is 0 Å². The Morgan fingerprint density at radius 3 is 2.00 bits per heavy atom. The first-order chi connectivity index (χ1) is 10.7. The van der Waals surface area contributed by atoms with Gasteiger partial charge in [-0.3, -0.25) is 4.79 Å². The van der Waals surface area contributed by atoms with Gasteiger partial charge in [-0.25, -0.2) is 4.79 Å². The van der Waals surface area contributed by atoms with E-state index in [1.165, 1.54) is 0 Å². The minimum Gasteiger partial charge on any atom is -0.458 e. The summed E-state index contributed by atoms with van der Waals surface area (Å²) in [5.41, 5.74) is 16.2. The first kappa shape index (κ1) is 21.8. The molecule has 0 aromatic carbocycles. The number of ether oxygens (including phenoxy) is 1. The molecule has 0 spiro atoms. The molecule has 23 heavy (non-hydrogen) atoms. The normalized spacial score (nSPS) is 14.2. The molecular weight excluding hydrogens is 296 g/mol. The van der Waals surface area contributed by atoms with Crippen molar-refractivity contribution in [3.05, 3.63) is 0 Å². The van der Waals surface area contributed by atoms with Crippen LogP contribution in [0.4, 0.5) is 0 Å². The Hall–Kier alpha value is -1.18. The van der Waals surface area contributed by atoms with Crippen molar-refractivity contribution in [1.29, 1.82) is 0 Å². The summed E-state index contributed by atoms with van der Waals surface area (Å²) >= 11 is 0. The van der Waals surface area contributed by atoms with Crippen LogP contribution in [0.3, 0.4) is 0 Å². The monoisotopic (exact) mass is 330 g/mol. The lowest BCUT2D eigenvalue weighted by molar-refractivity contribution is -0.159. The van der Waals surface area contributed by atoms with E-state index in [2.05, 4.69) is 5.32 Å². The van der Waals surface area contributed by atoms with Crippen LogP contribution in [0.25, 0.3) is 0 Å². The summed E-state index contributed by atoms with van der Waals surface area (Å²) < 4.78 is 5.37. The van der Waals surface area contributed by atoms with Crippen LogP contribution in [0, 0.1) is 0 Å². The summed E-state index contributed by atoms with van der Waals surface area (Å²) in [6.07, 6.45) is 4.18. The Morgan fingerprint density at radius 1 is 1.00 bits per heavy atom. The molecule has 2 unspecified atom stereocenters. The van der Waals surface area contributed by atoms with Gasteiger partial charge >= 0.3 is 5.97 Å². The largest absolute Gasteiger partial charge is 0.458 e. The topological polar surface area (TPSA) is 133 Å². The highest BCUT2D eigenvalue weighted by atomic mass is 16.6. The van der Waals surface area contributed by atoms with E-state index in [1.54, 1.807) is 20.8 Å². The number of hydrogen-bond donors (Lipinski definition) is 4. The quantitative estimate of drug-likeness (QED) is 0.320. The number of hydrogen-bond acceptors (Lipinski definition) is 6. The van der Waals surface area contributed by atoms with E-state index in [0.717, 1.165) is 25.7 Å². The average molecular weight is 330 g/mol. The Kier molecular flexibility index (Phi) is 10.8. The second kappa shape index (κ2) is 11.4. The van der Waals surface area contributed by atoms with Gasteiger partial charge in [0, 0.05) is 0 Å². The summed E-state index contributed by atoms with van der Waals surface area (Å²) in [6, 6.07) is -1.32. The molecule has 7 nitrogen and oxygen atoms in total. The number of unbranched alkanes of at least 4 members (excludes halogenated alkanes) is 2. The zero-order valence-corrected chi connectivity index (χ0v) is 14.8. The number of amides is 1. The van der Waals surface area contributed by atoms with E-state index in [0.29, 0.717) is 25.9 Å². The summed E-state index contributed by atoms with van der Waals surface area (Å²) in [4.78, 5) is 24.4. The van der Waals surface area contributed by atoms with Crippen molar-refractivity contribution >= 4 is 11.9 Å². The van der Waals surface area contributed by atoms with Gasteiger partial charge < -0.3 is 27.3 Å². The molecule has 2 atom stereocenters. The van der Waals surface area contributed by atoms with Crippen molar-refractivity contribution in [3.8, 4) is 0 Å². The smallest absolute Gasteiger partial charge is 0.329 e. The lowest BCUT2D eigenvalue weighted by atomic mass is 10.1. The maximum absolute atomic E-state index is 12.2. The zero-order chi connectivity index (χ0) is 17.9. The Balaban J connectivity index is 4.60. The summed E-state index contributed by atoms with van der Waals surface area (Å²) in [5, 5.41) is 2.71. The summed E-state index contributed by atoms with van der Waals surface area (Å²) in [5.74, 6) is -0.761. The highest BCUT2D eigenvalue weighted by Gasteiger charge is 2.27. The fraction of sp³-hybridized carbons (Fsp3) is 0.875. The molecule has 0 saturated heterocycles. The van der Waals surface area contributed by atoms with Crippen LogP contribution in [0.2, 0.25) is 0 Å². The van der Waals surface area contributed by atoms with Gasteiger partial charge in [-0.1, -0.05) is 6.42 Å². The number of nitrogens with two attached hydrogens (primary N) is 3. The van der Waals surface area contributed by atoms with Crippen LogP contribution >= 0.6 is 0 Å². The number of carbonyl (C=O) groups excluding carboxylic acids is 2. The van der Waals surface area contributed by atoms with Gasteiger partial charge in [0.1, 0.15) is 11.6 Å². The van der Waals surface area contributed by atoms with E-state index < -0.39 is 23.7 Å². The van der Waals surface area contributed by atoms with Crippen LogP contribution in [0.5, 0.6) is 0 Å². The average Bonchev–Trinajstić information content (AvgIpc) is 2.44. The van der Waals surface area contributed by atoms with Crippen LogP contribution < -0.4 is 22.5 Å². The lowest BCUT2D eigenvalue weighted by Crippen LogP contribution is -2.50. The predicted octanol–water partition coefficient (Wildman–Crippen LogP) is 0.398. The Bertz CT molecular complexity index is 356. The molecule has 0 aromatic rings. The standard InChI is InChI=1S/C16H34N4O3/c1-16(2,3)23-15(22)13(9-5-7-11-18)20-14(21)12(19)8-4-6-10-17/h12-13H,4-11,17-19H2,1-3H3,(H,20,21). The number of rotatable bonds is 11. The van der Waals surface area contributed by atoms with Gasteiger partial charge in [-0.15, -0.1) is 0 Å². The molecular formula is C16H34N4O3. The Morgan fingerprint density at radius 2 is 1.52 bits per heavy atom. The third-order valence-corrected chi connectivity index (χ3v) is 3.26. The van der Waals surface area contributed by atoms with Crippen LogP contribution in [-0.4, -0.2) is 42.7 Å². The molecule has 7 N–H and O–H groups in total. The number of nitrogens with one attached hydrogen (secondary N) is 1. The molecule has 0 saturated carbocycles. The van der Waals surface area contributed by atoms with Crippen molar-refractivity contribution in [2.75, 3.05) is 13.1 Å². The van der Waals surface area contributed by atoms with Gasteiger partial charge in [0.05, 0.1) is 6.04 Å². The number of carbonyl (C=O) groups is 2. The SMILES string of the molecule is CC(C)(C)OC(=O)C(CCCCN)NC(=O)C(N)CCCCN. The molecule has 0 rings (SSSR count). The van der Waals surface area contributed by atoms with E-state index in [-0.39, 0.29) is 5.91 Å². The minimum atomic E-state index is -0.686. The Labute approximate surface area is 139 Å². The summed E-state index contributed by atoms with van der Waals surface area (Å²) in [7, 11) is 0. The molecule has 0 bridgehead atoms. The highest BCUT2D eigenvalue weighted by molar-refractivity contribution is 5.87. The van der Waals surface area contributed by atoms with Gasteiger partial charge in [-0.2, -0.15) is 0 Å². The molecule has 136 valence electrons. The second-order valence-corrected chi connectivity index (χ2v) is 6.77. The van der Waals surface area contributed by atoms with Crippen molar-refractivity contribution < 1.29 is 14.3 Å². The second-order valence-electron chi connectivity index (χ2n) is 6.77. The zero-order valence-electron chi connectivity index (χ0n) is 14.8. The van der Waals surface area contributed by atoms with Gasteiger partial charge in [0.25, 0.3) is 0 Å². The molecule has 0 aliphatic heterocycles. The lowest BCUT2D eigenvalue weighted by Gasteiger charge is -2.25. The molecule has 7 heteroatoms. The fourth-order valence-corrected chi connectivity index (χ4v) is 2.03. The van der Waals surface area contributed by atoms with E-state index in [4.69, 9.17) is 21.9 Å². The van der Waals surface area contributed by atoms with Gasteiger partial charge in [-0.05, 0) is 66.0 Å². The van der Waals surface area contributed by atoms with E-state index in [9.17, 15) is 9.59 Å². The van der Waals surface area contributed by atoms with Crippen molar-refractivity contribution in [2.24, 2.45) is 17.2 Å². The third-order valence-electron chi connectivity index (χ3n) is 3.26. The first-order valence-electron chi connectivity index (χ1n) is 8.40. The molecule has 0 radical (unpaired) electrons. The van der Waals surface area contributed by atoms with Crippen molar-refractivity contribution in [3.63, 3.8) is 0 Å². The maximum atomic E-state index is 12.2. The molecule has 0 aromatic heterocycles. The predicted molar refractivity (Wildman–Crippen MR) is 91.6 cm³/mol. The van der Waals surface area contributed by atoms with E-state index >= 15 is 0 Å².